The molecular weight excluding hydrogens is 323 g/mol. The second-order valence-corrected chi connectivity index (χ2v) is 6.79. The Hall–Kier alpha value is -1.66. The number of aromatic nitrogens is 4. The van der Waals surface area contributed by atoms with Crippen LogP contribution in [0.2, 0.25) is 5.02 Å². The summed E-state index contributed by atoms with van der Waals surface area (Å²) in [6.45, 7) is 5.90. The molecule has 114 valence electrons. The number of halogens is 2. The lowest BCUT2D eigenvalue weighted by Crippen LogP contribution is -1.97. The first-order chi connectivity index (χ1) is 10.4. The molecule has 1 unspecified atom stereocenters. The second-order valence-electron chi connectivity index (χ2n) is 5.08. The molecule has 0 aliphatic rings. The van der Waals surface area contributed by atoms with Gasteiger partial charge in [0.25, 0.3) is 5.78 Å². The van der Waals surface area contributed by atoms with Crippen molar-refractivity contribution in [3.8, 4) is 0 Å². The minimum Gasteiger partial charge on any atom is -0.216 e. The number of rotatable bonds is 3. The molecule has 0 bridgehead atoms. The van der Waals surface area contributed by atoms with E-state index >= 15 is 0 Å². The van der Waals surface area contributed by atoms with Gasteiger partial charge in [0.1, 0.15) is 5.82 Å². The van der Waals surface area contributed by atoms with Gasteiger partial charge in [-0.3, -0.25) is 0 Å². The third-order valence-corrected chi connectivity index (χ3v) is 4.59. The highest BCUT2D eigenvalue weighted by Gasteiger charge is 2.14. The number of benzene rings is 1. The van der Waals surface area contributed by atoms with Crippen LogP contribution in [-0.4, -0.2) is 19.6 Å². The zero-order chi connectivity index (χ0) is 15.9. The van der Waals surface area contributed by atoms with Crippen molar-refractivity contribution < 1.29 is 4.39 Å². The molecule has 0 aliphatic carbocycles. The Balaban J connectivity index is 1.89. The maximum atomic E-state index is 13.2. The molecule has 0 saturated heterocycles. The fourth-order valence-electron chi connectivity index (χ4n) is 2.19. The number of fused-ring (bicyclic) bond motifs is 1. The molecule has 0 amide bonds. The maximum Gasteiger partial charge on any atom is 0.253 e. The summed E-state index contributed by atoms with van der Waals surface area (Å²) in [6, 6.07) is 6.69. The topological polar surface area (TPSA) is 43.1 Å². The van der Waals surface area contributed by atoms with E-state index in [1.165, 1.54) is 17.8 Å². The van der Waals surface area contributed by atoms with Crippen LogP contribution in [0, 0.1) is 19.7 Å². The average Bonchev–Trinajstić information content (AvgIpc) is 2.84. The molecule has 2 heterocycles. The minimum absolute atomic E-state index is 0.0527. The lowest BCUT2D eigenvalue weighted by Gasteiger charge is -2.09. The van der Waals surface area contributed by atoms with E-state index in [2.05, 4.69) is 15.1 Å². The van der Waals surface area contributed by atoms with E-state index < -0.39 is 5.82 Å². The van der Waals surface area contributed by atoms with Gasteiger partial charge in [-0.05, 0) is 44.5 Å². The fraction of sp³-hybridized carbons (Fsp3) is 0.267. The van der Waals surface area contributed by atoms with Gasteiger partial charge in [-0.25, -0.2) is 13.9 Å². The van der Waals surface area contributed by atoms with Crippen LogP contribution in [0.1, 0.15) is 29.1 Å². The number of thioether (sulfide) groups is 1. The molecule has 1 aromatic carbocycles. The molecule has 2 aromatic heterocycles. The first kappa shape index (κ1) is 15.2. The van der Waals surface area contributed by atoms with Crippen LogP contribution in [0.5, 0.6) is 0 Å². The van der Waals surface area contributed by atoms with Gasteiger partial charge in [0.2, 0.25) is 5.16 Å². The molecule has 0 spiro atoms. The van der Waals surface area contributed by atoms with Crippen molar-refractivity contribution in [2.45, 2.75) is 31.2 Å². The van der Waals surface area contributed by atoms with E-state index in [0.717, 1.165) is 17.0 Å². The molecule has 3 aromatic rings. The Labute approximate surface area is 136 Å². The van der Waals surface area contributed by atoms with Crippen molar-refractivity contribution in [3.63, 3.8) is 0 Å². The Morgan fingerprint density at radius 3 is 2.73 bits per heavy atom. The standard InChI is InChI=1S/C15H14ClFN4S/c1-8-6-9(2)21-14(18-8)19-15(20-21)22-10(3)11-4-5-13(17)12(16)7-11/h4-7,10H,1-3H3. The fourth-order valence-corrected chi connectivity index (χ4v) is 3.24. The van der Waals surface area contributed by atoms with Crippen LogP contribution in [0.25, 0.3) is 5.78 Å². The summed E-state index contributed by atoms with van der Waals surface area (Å²) in [5.41, 5.74) is 2.82. The van der Waals surface area contributed by atoms with Crippen molar-refractivity contribution in [1.29, 1.82) is 0 Å². The first-order valence-corrected chi connectivity index (χ1v) is 8.02. The summed E-state index contributed by atoms with van der Waals surface area (Å²) in [6.07, 6.45) is 0. The number of nitrogens with zero attached hydrogens (tertiary/aromatic N) is 4. The SMILES string of the molecule is Cc1cc(C)n2nc(SC(C)c3ccc(F)c(Cl)c3)nc2n1. The molecular formula is C15H14ClFN4S. The number of hydrogen-bond acceptors (Lipinski definition) is 4. The third-order valence-electron chi connectivity index (χ3n) is 3.29. The highest BCUT2D eigenvalue weighted by molar-refractivity contribution is 7.99. The highest BCUT2D eigenvalue weighted by atomic mass is 35.5. The van der Waals surface area contributed by atoms with Gasteiger partial charge in [-0.15, -0.1) is 5.10 Å². The zero-order valence-corrected chi connectivity index (χ0v) is 13.9. The monoisotopic (exact) mass is 336 g/mol. The predicted octanol–water partition coefficient (Wildman–Crippen LogP) is 4.39. The normalized spacial score (nSPS) is 12.8. The lowest BCUT2D eigenvalue weighted by atomic mass is 10.2. The lowest BCUT2D eigenvalue weighted by molar-refractivity contribution is 0.627. The van der Waals surface area contributed by atoms with Crippen LogP contribution < -0.4 is 0 Å². The van der Waals surface area contributed by atoms with Crippen molar-refractivity contribution in [3.05, 3.63) is 52.1 Å². The molecule has 3 rings (SSSR count). The maximum absolute atomic E-state index is 13.2. The largest absolute Gasteiger partial charge is 0.253 e. The quantitative estimate of drug-likeness (QED) is 0.665. The van der Waals surface area contributed by atoms with Gasteiger partial charge in [0, 0.05) is 16.6 Å². The Bertz CT molecular complexity index is 849. The molecule has 0 aliphatic heterocycles. The molecule has 4 nitrogen and oxygen atoms in total. The first-order valence-electron chi connectivity index (χ1n) is 6.76. The minimum atomic E-state index is -0.413. The van der Waals surface area contributed by atoms with Gasteiger partial charge >= 0.3 is 0 Å². The van der Waals surface area contributed by atoms with Crippen molar-refractivity contribution in [1.82, 2.24) is 19.6 Å². The van der Waals surface area contributed by atoms with E-state index in [-0.39, 0.29) is 10.3 Å². The van der Waals surface area contributed by atoms with Crippen LogP contribution >= 0.6 is 23.4 Å². The predicted molar refractivity (Wildman–Crippen MR) is 85.9 cm³/mol. The summed E-state index contributed by atoms with van der Waals surface area (Å²) in [5.74, 6) is 0.174. The van der Waals surface area contributed by atoms with Gasteiger partial charge in [0.05, 0.1) is 5.02 Å². The molecule has 7 heteroatoms. The van der Waals surface area contributed by atoms with Gasteiger partial charge in [-0.2, -0.15) is 4.98 Å². The summed E-state index contributed by atoms with van der Waals surface area (Å²) in [5, 5.41) is 5.27. The summed E-state index contributed by atoms with van der Waals surface area (Å²) in [7, 11) is 0. The Morgan fingerprint density at radius 2 is 2.00 bits per heavy atom. The molecule has 22 heavy (non-hydrogen) atoms. The zero-order valence-electron chi connectivity index (χ0n) is 12.3. The Morgan fingerprint density at radius 1 is 1.23 bits per heavy atom. The smallest absolute Gasteiger partial charge is 0.216 e. The molecule has 0 fully saturated rings. The molecule has 0 N–H and O–H groups in total. The van der Waals surface area contributed by atoms with Gasteiger partial charge in [0.15, 0.2) is 0 Å². The highest BCUT2D eigenvalue weighted by Crippen LogP contribution is 2.34. The van der Waals surface area contributed by atoms with E-state index in [1.807, 2.05) is 26.8 Å². The van der Waals surface area contributed by atoms with Gasteiger partial charge in [-0.1, -0.05) is 29.4 Å². The number of hydrogen-bond donors (Lipinski definition) is 0. The van der Waals surface area contributed by atoms with Crippen LogP contribution in [-0.2, 0) is 0 Å². The van der Waals surface area contributed by atoms with E-state index in [0.29, 0.717) is 10.9 Å². The molecule has 0 radical (unpaired) electrons. The van der Waals surface area contributed by atoms with Crippen molar-refractivity contribution in [2.75, 3.05) is 0 Å². The van der Waals surface area contributed by atoms with Crippen LogP contribution in [0.3, 0.4) is 0 Å². The Kier molecular flexibility index (Phi) is 4.06. The van der Waals surface area contributed by atoms with Gasteiger partial charge < -0.3 is 0 Å². The third kappa shape index (κ3) is 2.94. The van der Waals surface area contributed by atoms with E-state index in [1.54, 1.807) is 16.6 Å². The van der Waals surface area contributed by atoms with Crippen molar-refractivity contribution >= 4 is 29.1 Å². The second kappa shape index (κ2) is 5.85. The van der Waals surface area contributed by atoms with E-state index in [4.69, 9.17) is 11.6 Å². The summed E-state index contributed by atoms with van der Waals surface area (Å²) >= 11 is 7.32. The van der Waals surface area contributed by atoms with Crippen LogP contribution in [0.4, 0.5) is 4.39 Å². The molecule has 1 atom stereocenters. The van der Waals surface area contributed by atoms with E-state index in [9.17, 15) is 4.39 Å². The average molecular weight is 337 g/mol. The summed E-state index contributed by atoms with van der Waals surface area (Å²) in [4.78, 5) is 8.80. The van der Waals surface area contributed by atoms with Crippen molar-refractivity contribution in [2.24, 2.45) is 0 Å². The van der Waals surface area contributed by atoms with Crippen LogP contribution in [0.15, 0.2) is 29.4 Å². The molecule has 0 saturated carbocycles. The number of aryl methyl sites for hydroxylation is 2. The summed E-state index contributed by atoms with van der Waals surface area (Å²) < 4.78 is 15.0.